The molecule has 2 N–H and O–H groups in total. The first-order valence-electron chi connectivity index (χ1n) is 9.92. The topological polar surface area (TPSA) is 102 Å². The summed E-state index contributed by atoms with van der Waals surface area (Å²) in [4.78, 5) is 36.7. The molecule has 8 heteroatoms. The predicted octanol–water partition coefficient (Wildman–Crippen LogP) is 2.34. The number of benzene rings is 2. The molecule has 1 heterocycles. The fourth-order valence-corrected chi connectivity index (χ4v) is 3.99. The molecule has 0 saturated heterocycles. The van der Waals surface area contributed by atoms with E-state index < -0.39 is 18.1 Å². The Morgan fingerprint density at radius 3 is 2.26 bits per heavy atom. The summed E-state index contributed by atoms with van der Waals surface area (Å²) in [5.41, 5.74) is 4.53. The summed E-state index contributed by atoms with van der Waals surface area (Å²) in [6.07, 6.45) is 0.745. The summed E-state index contributed by atoms with van der Waals surface area (Å²) in [6.45, 7) is 0.125. The van der Waals surface area contributed by atoms with Gasteiger partial charge in [-0.2, -0.15) is 0 Å². The summed E-state index contributed by atoms with van der Waals surface area (Å²) in [5.74, 6) is -0.747. The predicted molar refractivity (Wildman–Crippen MR) is 114 cm³/mol. The van der Waals surface area contributed by atoms with Crippen molar-refractivity contribution in [3.05, 3.63) is 81.8 Å². The van der Waals surface area contributed by atoms with Crippen LogP contribution in [0.25, 0.3) is 11.1 Å². The number of H-pyrrole nitrogens is 1. The number of rotatable bonds is 6. The van der Waals surface area contributed by atoms with E-state index in [4.69, 9.17) is 9.47 Å². The fraction of sp³-hybridized carbons (Fsp3) is 0.261. The van der Waals surface area contributed by atoms with Gasteiger partial charge < -0.3 is 19.9 Å². The van der Waals surface area contributed by atoms with Crippen molar-refractivity contribution in [1.82, 2.24) is 15.1 Å². The highest BCUT2D eigenvalue weighted by Gasteiger charge is 2.30. The van der Waals surface area contributed by atoms with Crippen molar-refractivity contribution < 1.29 is 19.1 Å². The molecular formula is C23H23N3O5. The van der Waals surface area contributed by atoms with Crippen LogP contribution in [0.5, 0.6) is 0 Å². The third kappa shape index (κ3) is 3.96. The van der Waals surface area contributed by atoms with Gasteiger partial charge in [0.05, 0.1) is 7.11 Å². The van der Waals surface area contributed by atoms with Crippen LogP contribution < -0.4 is 10.9 Å². The summed E-state index contributed by atoms with van der Waals surface area (Å²) >= 11 is 0. The van der Waals surface area contributed by atoms with Gasteiger partial charge in [0.1, 0.15) is 12.6 Å². The minimum atomic E-state index is -1.04. The van der Waals surface area contributed by atoms with E-state index in [-0.39, 0.29) is 24.5 Å². The Morgan fingerprint density at radius 2 is 1.71 bits per heavy atom. The minimum Gasteiger partial charge on any atom is -0.467 e. The molecule has 160 valence electrons. The number of carbonyl (C=O) groups excluding carboxylic acids is 2. The van der Waals surface area contributed by atoms with Crippen LogP contribution >= 0.6 is 0 Å². The van der Waals surface area contributed by atoms with Crippen molar-refractivity contribution >= 4 is 12.1 Å². The number of aromatic nitrogens is 2. The molecule has 0 bridgehead atoms. The largest absolute Gasteiger partial charge is 0.467 e. The number of aryl methyl sites for hydroxylation is 1. The number of hydrogen-bond donors (Lipinski definition) is 2. The number of amides is 1. The van der Waals surface area contributed by atoms with Gasteiger partial charge >= 0.3 is 12.1 Å². The summed E-state index contributed by atoms with van der Waals surface area (Å²) in [5, 5.41) is 5.27. The van der Waals surface area contributed by atoms with Crippen LogP contribution in [-0.2, 0) is 27.7 Å². The van der Waals surface area contributed by atoms with Crippen LogP contribution in [0.3, 0.4) is 0 Å². The second-order valence-electron chi connectivity index (χ2n) is 7.41. The number of esters is 1. The zero-order chi connectivity index (χ0) is 22.0. The lowest BCUT2D eigenvalue weighted by molar-refractivity contribution is -0.143. The van der Waals surface area contributed by atoms with Crippen LogP contribution in [0, 0.1) is 0 Å². The fourth-order valence-electron chi connectivity index (χ4n) is 3.99. The van der Waals surface area contributed by atoms with Gasteiger partial charge in [0, 0.05) is 31.1 Å². The van der Waals surface area contributed by atoms with Crippen LogP contribution in [-0.4, -0.2) is 41.6 Å². The van der Waals surface area contributed by atoms with Crippen molar-refractivity contribution in [3.8, 4) is 11.1 Å². The van der Waals surface area contributed by atoms with Crippen LogP contribution in [0.15, 0.2) is 59.5 Å². The zero-order valence-corrected chi connectivity index (χ0v) is 17.3. The quantitative estimate of drug-likeness (QED) is 0.595. The average molecular weight is 421 g/mol. The summed E-state index contributed by atoms with van der Waals surface area (Å²) in [6, 6.07) is 15.0. The number of carbonyl (C=O) groups is 2. The Balaban J connectivity index is 1.46. The lowest BCUT2D eigenvalue weighted by Gasteiger charge is -2.18. The number of nitrogens with zero attached hydrogens (tertiary/aromatic N) is 1. The molecule has 0 spiro atoms. The van der Waals surface area contributed by atoms with Crippen LogP contribution in [0.1, 0.15) is 22.6 Å². The highest BCUT2D eigenvalue weighted by molar-refractivity contribution is 5.82. The molecular weight excluding hydrogens is 398 g/mol. The maximum atomic E-state index is 12.5. The molecule has 0 fully saturated rings. The Labute approximate surface area is 178 Å². The third-order valence-corrected chi connectivity index (χ3v) is 5.56. The number of hydrogen-bond acceptors (Lipinski definition) is 5. The van der Waals surface area contributed by atoms with Gasteiger partial charge in [-0.15, -0.1) is 0 Å². The first-order valence-corrected chi connectivity index (χ1v) is 9.92. The molecule has 0 unspecified atom stereocenters. The number of aromatic amines is 1. The van der Waals surface area contributed by atoms with Crippen molar-refractivity contribution in [2.75, 3.05) is 13.7 Å². The molecule has 31 heavy (non-hydrogen) atoms. The lowest BCUT2D eigenvalue weighted by Crippen LogP contribution is -2.44. The maximum absolute atomic E-state index is 12.5. The molecule has 0 aliphatic heterocycles. The molecule has 4 rings (SSSR count). The summed E-state index contributed by atoms with van der Waals surface area (Å²) < 4.78 is 11.6. The molecule has 3 aromatic rings. The molecule has 1 aromatic heterocycles. The standard InChI is InChI=1S/C23H23N3O5/c1-26-21(27)14(12-24-26)11-20(22(28)30-2)25-23(29)31-13-19-17-9-5-3-7-15(17)16-8-4-6-10-18(16)19/h3-10,12,19-20,24H,11,13H2,1-2H3,(H,25,29)/t20-/m1/s1. The number of ether oxygens (including phenoxy) is 2. The first kappa shape index (κ1) is 20.5. The van der Waals surface area contributed by atoms with Crippen molar-refractivity contribution in [1.29, 1.82) is 0 Å². The zero-order valence-electron chi connectivity index (χ0n) is 17.3. The van der Waals surface area contributed by atoms with Crippen LogP contribution in [0.2, 0.25) is 0 Å². The molecule has 1 aliphatic rings. The molecule has 8 nitrogen and oxygen atoms in total. The van der Waals surface area contributed by atoms with E-state index in [9.17, 15) is 14.4 Å². The molecule has 1 aliphatic carbocycles. The first-order chi connectivity index (χ1) is 15.0. The van der Waals surface area contributed by atoms with E-state index >= 15 is 0 Å². The molecule has 0 saturated carbocycles. The Morgan fingerprint density at radius 1 is 1.10 bits per heavy atom. The smallest absolute Gasteiger partial charge is 0.407 e. The van der Waals surface area contributed by atoms with E-state index in [0.29, 0.717) is 5.56 Å². The Hall–Kier alpha value is -3.81. The van der Waals surface area contributed by atoms with Gasteiger partial charge in [-0.3, -0.25) is 9.48 Å². The summed E-state index contributed by atoms with van der Waals surface area (Å²) in [7, 11) is 2.79. The highest BCUT2D eigenvalue weighted by atomic mass is 16.6. The van der Waals surface area contributed by atoms with Gasteiger partial charge in [-0.25, -0.2) is 9.59 Å². The number of nitrogens with one attached hydrogen (secondary N) is 2. The SMILES string of the molecule is COC(=O)[C@@H](Cc1c[nH]n(C)c1=O)NC(=O)OCC1c2ccccc2-c2ccccc21. The molecule has 2 aromatic carbocycles. The monoisotopic (exact) mass is 421 g/mol. The highest BCUT2D eigenvalue weighted by Crippen LogP contribution is 2.44. The van der Waals surface area contributed by atoms with Gasteiger partial charge in [0.2, 0.25) is 0 Å². The molecule has 1 amide bonds. The van der Waals surface area contributed by atoms with E-state index in [1.54, 1.807) is 7.05 Å². The van der Waals surface area contributed by atoms with Gasteiger partial charge in [0.15, 0.2) is 0 Å². The Kier molecular flexibility index (Phi) is 5.62. The average Bonchev–Trinajstić information content (AvgIpc) is 3.28. The van der Waals surface area contributed by atoms with Gasteiger partial charge in [0.25, 0.3) is 5.56 Å². The second-order valence-corrected chi connectivity index (χ2v) is 7.41. The van der Waals surface area contributed by atoms with Gasteiger partial charge in [-0.1, -0.05) is 48.5 Å². The van der Waals surface area contributed by atoms with E-state index in [1.165, 1.54) is 18.0 Å². The lowest BCUT2D eigenvalue weighted by atomic mass is 9.98. The van der Waals surface area contributed by atoms with E-state index in [1.807, 2.05) is 36.4 Å². The van der Waals surface area contributed by atoms with Gasteiger partial charge in [-0.05, 0) is 22.3 Å². The van der Waals surface area contributed by atoms with Crippen molar-refractivity contribution in [2.45, 2.75) is 18.4 Å². The van der Waals surface area contributed by atoms with E-state index in [2.05, 4.69) is 22.5 Å². The Bertz CT molecular complexity index is 1130. The third-order valence-electron chi connectivity index (χ3n) is 5.56. The second kappa shape index (κ2) is 8.51. The van der Waals surface area contributed by atoms with E-state index in [0.717, 1.165) is 22.3 Å². The molecule has 1 atom stereocenters. The number of methoxy groups -OCH3 is 1. The van der Waals surface area contributed by atoms with Crippen molar-refractivity contribution in [3.63, 3.8) is 0 Å². The molecule has 0 radical (unpaired) electrons. The normalized spacial score (nSPS) is 13.2. The maximum Gasteiger partial charge on any atom is 0.407 e. The minimum absolute atomic E-state index is 0.00690. The van der Waals surface area contributed by atoms with Crippen molar-refractivity contribution in [2.24, 2.45) is 7.05 Å². The van der Waals surface area contributed by atoms with Crippen LogP contribution in [0.4, 0.5) is 4.79 Å². The number of alkyl carbamates (subject to hydrolysis) is 1. The number of fused-ring (bicyclic) bond motifs is 3.